The molecular weight excluding hydrogens is 560 g/mol. The molecule has 6 atom stereocenters. The van der Waals surface area contributed by atoms with Gasteiger partial charge in [-0.05, 0) is 48.6 Å². The van der Waals surface area contributed by atoms with Crippen LogP contribution in [-0.4, -0.2) is 79.7 Å². The number of nitrogens with zero attached hydrogens (tertiary/aromatic N) is 3. The maximum atomic E-state index is 13.2. The number of aliphatic hydroxyl groups is 1. The number of nitrogens with one attached hydrogen (secondary N) is 3. The van der Waals surface area contributed by atoms with Gasteiger partial charge in [0.2, 0.25) is 5.91 Å². The number of carbonyl (C=O) groups excluding carboxylic acids is 2. The monoisotopic (exact) mass is 608 g/mol. The van der Waals surface area contributed by atoms with Gasteiger partial charge in [0.15, 0.2) is 5.13 Å². The Bertz CT molecular complexity index is 1350. The zero-order valence-corrected chi connectivity index (χ0v) is 27.1. The van der Waals surface area contributed by atoms with Crippen LogP contribution >= 0.6 is 11.3 Å². The minimum Gasteiger partial charge on any atom is -0.392 e. The van der Waals surface area contributed by atoms with E-state index in [1.165, 1.54) is 36.6 Å². The molecule has 5 rings (SSSR count). The van der Waals surface area contributed by atoms with Crippen molar-refractivity contribution in [3.8, 4) is 6.07 Å². The number of carbonyl (C=O) groups is 2. The van der Waals surface area contributed by atoms with Gasteiger partial charge in [-0.1, -0.05) is 32.9 Å². The van der Waals surface area contributed by atoms with Crippen molar-refractivity contribution < 1.29 is 24.5 Å². The zero-order valence-electron chi connectivity index (χ0n) is 26.3. The second-order valence-electron chi connectivity index (χ2n) is 13.7. The first kappa shape index (κ1) is 31.6. The summed E-state index contributed by atoms with van der Waals surface area (Å²) < 4.78 is 0. The van der Waals surface area contributed by atoms with Crippen molar-refractivity contribution in [2.24, 2.45) is 23.2 Å². The van der Waals surface area contributed by atoms with E-state index >= 15 is 0 Å². The predicted octanol–water partition coefficient (Wildman–Crippen LogP) is 1.37. The number of anilines is 1. The van der Waals surface area contributed by atoms with Crippen LogP contribution in [0.15, 0.2) is 24.3 Å². The van der Waals surface area contributed by atoms with Gasteiger partial charge in [-0.25, -0.2) is 4.98 Å². The summed E-state index contributed by atoms with van der Waals surface area (Å²) in [4.78, 5) is 37.2. The van der Waals surface area contributed by atoms with Crippen molar-refractivity contribution in [3.05, 3.63) is 46.0 Å². The van der Waals surface area contributed by atoms with E-state index in [1.807, 2.05) is 19.1 Å². The predicted molar refractivity (Wildman–Crippen MR) is 167 cm³/mol. The van der Waals surface area contributed by atoms with E-state index in [4.69, 9.17) is 10.2 Å². The maximum absolute atomic E-state index is 13.2. The second-order valence-corrected chi connectivity index (χ2v) is 14.7. The number of hydrogen-bond acceptors (Lipinski definition) is 6. The molecule has 1 aromatic carbocycles. The number of quaternary nitrogens is 2. The lowest BCUT2D eigenvalue weighted by atomic mass is 9.53. The minimum atomic E-state index is -0.627. The average Bonchev–Trinajstić information content (AvgIpc) is 3.38. The van der Waals surface area contributed by atoms with Crippen molar-refractivity contribution in [1.29, 1.82) is 5.26 Å². The number of nitriles is 1. The molecule has 0 bridgehead atoms. The van der Waals surface area contributed by atoms with Gasteiger partial charge in [-0.2, -0.15) is 5.26 Å². The second kappa shape index (κ2) is 13.0. The van der Waals surface area contributed by atoms with Crippen LogP contribution in [0.5, 0.6) is 0 Å². The molecule has 3 aliphatic rings. The molecule has 2 aliphatic carbocycles. The molecule has 10 heteroatoms. The van der Waals surface area contributed by atoms with E-state index in [2.05, 4.69) is 44.4 Å². The summed E-state index contributed by atoms with van der Waals surface area (Å²) >= 11 is 1.55. The number of hydrogen-bond donors (Lipinski definition) is 4. The number of rotatable bonds is 8. The summed E-state index contributed by atoms with van der Waals surface area (Å²) in [6.07, 6.45) is 2.19. The Morgan fingerprint density at radius 2 is 1.95 bits per heavy atom. The van der Waals surface area contributed by atoms with Crippen molar-refractivity contribution in [1.82, 2.24) is 9.88 Å². The lowest BCUT2D eigenvalue weighted by Gasteiger charge is -2.53. The molecule has 1 saturated carbocycles. The first-order chi connectivity index (χ1) is 20.5. The molecule has 232 valence electrons. The van der Waals surface area contributed by atoms with Crippen LogP contribution in [-0.2, 0) is 17.8 Å². The smallest absolute Gasteiger partial charge is 0.257 e. The molecule has 43 heavy (non-hydrogen) atoms. The summed E-state index contributed by atoms with van der Waals surface area (Å²) in [6.45, 7) is 12.4. The summed E-state index contributed by atoms with van der Waals surface area (Å²) in [7, 11) is 3.99. The van der Waals surface area contributed by atoms with Crippen LogP contribution < -0.4 is 15.1 Å². The van der Waals surface area contributed by atoms with Crippen LogP contribution in [0.2, 0.25) is 0 Å². The van der Waals surface area contributed by atoms with E-state index in [9.17, 15) is 14.7 Å². The van der Waals surface area contributed by atoms with Gasteiger partial charge in [0.05, 0.1) is 31.3 Å². The molecule has 9 nitrogen and oxygen atoms in total. The first-order valence-corrected chi connectivity index (χ1v) is 16.7. The van der Waals surface area contributed by atoms with Gasteiger partial charge in [0.1, 0.15) is 32.7 Å². The number of likely N-dealkylation sites (N-methyl/N-ethyl adjacent to an activating group) is 1. The third-order valence-corrected chi connectivity index (χ3v) is 11.6. The Labute approximate surface area is 259 Å². The van der Waals surface area contributed by atoms with Crippen molar-refractivity contribution in [2.75, 3.05) is 52.1 Å². The third-order valence-electron chi connectivity index (χ3n) is 10.6. The summed E-state index contributed by atoms with van der Waals surface area (Å²) in [5, 5.41) is 24.3. The third kappa shape index (κ3) is 6.65. The van der Waals surface area contributed by atoms with Crippen LogP contribution in [0.4, 0.5) is 5.13 Å². The number of piperazine rings is 1. The maximum Gasteiger partial charge on any atom is 0.257 e. The molecule has 1 saturated heterocycles. The number of thiazole rings is 1. The van der Waals surface area contributed by atoms with Crippen LogP contribution in [0, 0.1) is 34.5 Å². The Morgan fingerprint density at radius 3 is 2.63 bits per heavy atom. The summed E-state index contributed by atoms with van der Waals surface area (Å²) in [5.74, 6) is -0.653. The summed E-state index contributed by atoms with van der Waals surface area (Å²) in [5.41, 5.74) is 2.73. The molecular formula is C33H48N6O3S+2. The van der Waals surface area contributed by atoms with Gasteiger partial charge >= 0.3 is 0 Å². The topological polar surface area (TPSA) is 115 Å². The quantitative estimate of drug-likeness (QED) is 0.362. The number of amides is 2. The van der Waals surface area contributed by atoms with E-state index < -0.39 is 6.10 Å². The summed E-state index contributed by atoms with van der Waals surface area (Å²) in [6, 6.07) is 10.1. The molecule has 2 aromatic rings. The standard InChI is InChI=1S/C33H46N6O3S/c1-21(31(42)38(5)14-6-13-34)25-11-12-33(3)19-26-28(22(2)27(33)29(25)40)35-32(43-26)36-30(41)24-9-7-23(8-10-24)20-39-17-15-37(4)16-18-39/h7-10,21-22,25,27,29,40H,6,11-12,14-20H2,1-5H3,(H,35,36,41)/p+2/t21-,22-,25-,27+,29-,33+/m0/s1. The Hall–Kier alpha value is -2.84. The molecule has 0 spiro atoms. The van der Waals surface area contributed by atoms with Gasteiger partial charge in [0, 0.05) is 41.4 Å². The van der Waals surface area contributed by atoms with E-state index in [1.54, 1.807) is 33.1 Å². The molecule has 4 N–H and O–H groups in total. The van der Waals surface area contributed by atoms with Gasteiger partial charge < -0.3 is 19.8 Å². The van der Waals surface area contributed by atoms with Gasteiger partial charge in [0.25, 0.3) is 5.91 Å². The number of aromatic nitrogens is 1. The molecule has 0 unspecified atom stereocenters. The highest BCUT2D eigenvalue weighted by Crippen LogP contribution is 2.57. The molecule has 1 aromatic heterocycles. The Kier molecular flexibility index (Phi) is 9.57. The fraction of sp³-hybridized carbons (Fsp3) is 0.636. The first-order valence-electron chi connectivity index (χ1n) is 15.9. The molecule has 2 fully saturated rings. The van der Waals surface area contributed by atoms with E-state index in [-0.39, 0.29) is 40.9 Å². The molecule has 2 amide bonds. The fourth-order valence-electron chi connectivity index (χ4n) is 7.90. The lowest BCUT2D eigenvalue weighted by Crippen LogP contribution is -3.26. The molecule has 1 aliphatic heterocycles. The highest BCUT2D eigenvalue weighted by molar-refractivity contribution is 7.15. The fourth-order valence-corrected chi connectivity index (χ4v) is 9.16. The van der Waals surface area contributed by atoms with Crippen molar-refractivity contribution in [2.45, 2.75) is 65.0 Å². The lowest BCUT2D eigenvalue weighted by molar-refractivity contribution is -1.01. The molecule has 0 radical (unpaired) electrons. The molecule has 2 heterocycles. The van der Waals surface area contributed by atoms with Crippen LogP contribution in [0.1, 0.15) is 72.4 Å². The normalized spacial score (nSPS) is 30.8. The van der Waals surface area contributed by atoms with Crippen LogP contribution in [0.3, 0.4) is 0 Å². The minimum absolute atomic E-state index is 0.00466. The van der Waals surface area contributed by atoms with E-state index in [0.29, 0.717) is 23.7 Å². The Balaban J connectivity index is 1.24. The number of fused-ring (bicyclic) bond motifs is 2. The van der Waals surface area contributed by atoms with Crippen molar-refractivity contribution >= 4 is 28.3 Å². The van der Waals surface area contributed by atoms with Crippen molar-refractivity contribution in [3.63, 3.8) is 0 Å². The number of aliphatic hydroxyl groups excluding tert-OH is 1. The van der Waals surface area contributed by atoms with Gasteiger partial charge in [-0.3, -0.25) is 14.9 Å². The largest absolute Gasteiger partial charge is 0.392 e. The zero-order chi connectivity index (χ0) is 30.9. The number of benzene rings is 1. The van der Waals surface area contributed by atoms with Gasteiger partial charge in [-0.15, -0.1) is 11.3 Å². The highest BCUT2D eigenvalue weighted by Gasteiger charge is 2.54. The average molecular weight is 609 g/mol. The Morgan fingerprint density at radius 1 is 1.26 bits per heavy atom. The van der Waals surface area contributed by atoms with E-state index in [0.717, 1.165) is 31.5 Å². The SMILES string of the molecule is C[C@H](C(=O)N(C)CCC#N)[C@@H]1CC[C@]2(C)Cc3sc(NC(=O)c4ccc(C[NH+]5CC[NH+](C)CC5)cc4)nc3[C@@H](C)[C@@H]2[C@H]1O. The van der Waals surface area contributed by atoms with Crippen LogP contribution in [0.25, 0.3) is 0 Å². The highest BCUT2D eigenvalue weighted by atomic mass is 32.1.